The monoisotopic (exact) mass is 485 g/mol. The number of carbonyl (C=O) groups excluding carboxylic acids is 3. The number of nitrogens with zero attached hydrogens (tertiary/aromatic N) is 3. The first kappa shape index (κ1) is 21.8. The van der Waals surface area contributed by atoms with Crippen molar-refractivity contribution in [3.63, 3.8) is 0 Å². The van der Waals surface area contributed by atoms with E-state index in [1.54, 1.807) is 6.07 Å². The highest BCUT2D eigenvalue weighted by Crippen LogP contribution is 2.51. The number of carbonyl (C=O) groups is 3. The first-order valence-electron chi connectivity index (χ1n) is 11.3. The number of hydrogen-bond donors (Lipinski definition) is 0. The van der Waals surface area contributed by atoms with Gasteiger partial charge in [0.15, 0.2) is 5.76 Å². The molecule has 0 radical (unpaired) electrons. The summed E-state index contributed by atoms with van der Waals surface area (Å²) in [4.78, 5) is 55.1. The minimum atomic E-state index is -1.03. The molecule has 2 amide bonds. The number of nitro groups is 1. The van der Waals surface area contributed by atoms with E-state index < -0.39 is 46.4 Å². The Kier molecular flexibility index (Phi) is 4.78. The third-order valence-corrected chi connectivity index (χ3v) is 7.06. The smallest absolute Gasteiger partial charge is 0.271 e. The molecule has 0 unspecified atom stereocenters. The summed E-state index contributed by atoms with van der Waals surface area (Å²) >= 11 is 0. The van der Waals surface area contributed by atoms with E-state index in [4.69, 9.17) is 9.15 Å². The number of ether oxygens (including phenoxy) is 1. The Bertz CT molecular complexity index is 1460. The van der Waals surface area contributed by atoms with Gasteiger partial charge in [0.05, 0.1) is 36.2 Å². The normalized spacial score (nSPS) is 23.9. The highest BCUT2D eigenvalue weighted by molar-refractivity contribution is 6.26. The third-order valence-electron chi connectivity index (χ3n) is 7.06. The van der Waals surface area contributed by atoms with Gasteiger partial charge >= 0.3 is 0 Å². The summed E-state index contributed by atoms with van der Waals surface area (Å²) in [6.07, 6.45) is 5.08. The first-order chi connectivity index (χ1) is 17.4. The molecule has 2 aromatic carbocycles. The lowest BCUT2D eigenvalue weighted by Gasteiger charge is -2.36. The van der Waals surface area contributed by atoms with Gasteiger partial charge in [-0.15, -0.1) is 0 Å². The van der Waals surface area contributed by atoms with E-state index in [-0.39, 0.29) is 22.9 Å². The van der Waals surface area contributed by atoms with E-state index in [0.29, 0.717) is 0 Å². The topological polar surface area (TPSA) is 123 Å². The Hall–Kier alpha value is -4.73. The lowest BCUT2D eigenvalue weighted by molar-refractivity contribution is -0.384. The van der Waals surface area contributed by atoms with Crippen LogP contribution in [0.2, 0.25) is 0 Å². The molecule has 4 heterocycles. The van der Waals surface area contributed by atoms with Crippen LogP contribution in [0.3, 0.4) is 0 Å². The van der Waals surface area contributed by atoms with Crippen molar-refractivity contribution in [2.45, 2.75) is 12.1 Å². The van der Waals surface area contributed by atoms with Crippen LogP contribution in [-0.4, -0.2) is 41.7 Å². The molecular formula is C26H19N3O7. The molecule has 0 bridgehead atoms. The van der Waals surface area contributed by atoms with Gasteiger partial charge in [-0.05, 0) is 29.8 Å². The lowest BCUT2D eigenvalue weighted by atomic mass is 9.87. The van der Waals surface area contributed by atoms with E-state index in [9.17, 15) is 24.5 Å². The molecule has 6 rings (SSSR count). The number of rotatable bonds is 5. The Balaban J connectivity index is 1.51. The summed E-state index contributed by atoms with van der Waals surface area (Å²) in [6, 6.07) is 12.7. The van der Waals surface area contributed by atoms with E-state index in [2.05, 4.69) is 0 Å². The molecule has 36 heavy (non-hydrogen) atoms. The van der Waals surface area contributed by atoms with Crippen LogP contribution in [0.15, 0.2) is 71.4 Å². The number of anilines is 2. The Morgan fingerprint density at radius 1 is 1.03 bits per heavy atom. The number of fused-ring (bicyclic) bond motifs is 5. The molecule has 2 fully saturated rings. The van der Waals surface area contributed by atoms with Crippen LogP contribution in [0, 0.1) is 22.0 Å². The number of methoxy groups -OCH3 is 1. The number of hydrogen-bond acceptors (Lipinski definition) is 8. The molecule has 10 heteroatoms. The molecule has 3 aliphatic rings. The van der Waals surface area contributed by atoms with Crippen molar-refractivity contribution in [1.82, 2.24) is 0 Å². The number of ketones is 1. The fourth-order valence-corrected chi connectivity index (χ4v) is 5.58. The van der Waals surface area contributed by atoms with E-state index in [1.165, 1.54) is 31.6 Å². The number of amides is 2. The zero-order valence-corrected chi connectivity index (χ0v) is 18.9. The van der Waals surface area contributed by atoms with Crippen LogP contribution < -0.4 is 14.5 Å². The molecule has 10 nitrogen and oxygen atoms in total. The Labute approximate surface area is 204 Å². The van der Waals surface area contributed by atoms with Crippen molar-refractivity contribution in [3.05, 3.63) is 88.4 Å². The molecule has 3 aliphatic heterocycles. The number of imide groups is 1. The number of benzene rings is 2. The largest absolute Gasteiger partial charge is 0.495 e. The molecular weight excluding hydrogens is 466 g/mol. The summed E-state index contributed by atoms with van der Waals surface area (Å²) in [5, 5.41) is 11.4. The molecule has 3 aromatic rings. The second-order valence-corrected chi connectivity index (χ2v) is 8.78. The van der Waals surface area contributed by atoms with Crippen LogP contribution in [-0.2, 0) is 9.59 Å². The van der Waals surface area contributed by atoms with Crippen molar-refractivity contribution < 1.29 is 28.5 Å². The van der Waals surface area contributed by atoms with Crippen LogP contribution in [0.1, 0.15) is 16.1 Å². The summed E-state index contributed by atoms with van der Waals surface area (Å²) in [5.74, 6) is -3.27. The van der Waals surface area contributed by atoms with E-state index >= 15 is 0 Å². The summed E-state index contributed by atoms with van der Waals surface area (Å²) in [6.45, 7) is 0. The van der Waals surface area contributed by atoms with E-state index in [0.717, 1.165) is 22.2 Å². The number of para-hydroxylation sites is 1. The van der Waals surface area contributed by atoms with Crippen LogP contribution in [0.5, 0.6) is 5.75 Å². The molecule has 0 aliphatic carbocycles. The van der Waals surface area contributed by atoms with E-state index in [1.807, 2.05) is 41.3 Å². The number of non-ortho nitro benzene ring substituents is 1. The first-order valence-corrected chi connectivity index (χ1v) is 11.3. The summed E-state index contributed by atoms with van der Waals surface area (Å²) in [5.41, 5.74) is 1.29. The molecule has 0 N–H and O–H groups in total. The summed E-state index contributed by atoms with van der Waals surface area (Å²) in [7, 11) is 1.35. The van der Waals surface area contributed by atoms with Gasteiger partial charge in [0.25, 0.3) is 5.69 Å². The highest BCUT2D eigenvalue weighted by atomic mass is 16.6. The standard InChI is InChI=1S/C26H19N3O7/c1-35-19-11-9-15(29(33)34)13-18(19)28-25(31)21-17-10-8-14-5-2-3-6-16(14)27(17)23(22(21)26(28)32)24(30)20-7-4-12-36-20/h2-13,17,21-23H,1H3/t17-,21+,22+,23-/m0/s1. The number of nitro benzene ring substituents is 1. The lowest BCUT2D eigenvalue weighted by Crippen LogP contribution is -2.48. The van der Waals surface area contributed by atoms with Crippen molar-refractivity contribution in [2.24, 2.45) is 11.8 Å². The van der Waals surface area contributed by atoms with Gasteiger partial charge < -0.3 is 14.1 Å². The van der Waals surface area contributed by atoms with Crippen molar-refractivity contribution in [3.8, 4) is 5.75 Å². The van der Waals surface area contributed by atoms with Gasteiger partial charge in [0.2, 0.25) is 17.6 Å². The molecule has 1 aromatic heterocycles. The molecule has 180 valence electrons. The van der Waals surface area contributed by atoms with Gasteiger partial charge in [0.1, 0.15) is 17.5 Å². The average molecular weight is 485 g/mol. The second kappa shape index (κ2) is 7.91. The minimum Gasteiger partial charge on any atom is -0.495 e. The number of Topliss-reactive ketones (excluding diaryl/α,β-unsaturated/α-hetero) is 1. The molecule has 2 saturated heterocycles. The fraction of sp³-hybridized carbons (Fsp3) is 0.192. The Morgan fingerprint density at radius 3 is 2.53 bits per heavy atom. The van der Waals surface area contributed by atoms with Crippen molar-refractivity contribution in [2.75, 3.05) is 16.9 Å². The zero-order chi connectivity index (χ0) is 25.1. The maximum atomic E-state index is 13.9. The van der Waals surface area contributed by atoms with Gasteiger partial charge in [-0.1, -0.05) is 30.4 Å². The van der Waals surface area contributed by atoms with Crippen LogP contribution in [0.25, 0.3) is 6.08 Å². The van der Waals surface area contributed by atoms with Crippen LogP contribution >= 0.6 is 0 Å². The predicted octanol–water partition coefficient (Wildman–Crippen LogP) is 3.47. The molecule has 4 atom stereocenters. The SMILES string of the molecule is COc1ccc([N+](=O)[O-])cc1N1C(=O)[C@@H]2[C@H](C1=O)[C@@H]1C=Cc3ccccc3N1[C@@H]2C(=O)c1ccco1. The molecule has 0 saturated carbocycles. The number of furan rings is 1. The van der Waals surface area contributed by atoms with Gasteiger partial charge in [-0.25, -0.2) is 4.90 Å². The molecule has 0 spiro atoms. The van der Waals surface area contributed by atoms with Crippen LogP contribution in [0.4, 0.5) is 17.1 Å². The summed E-state index contributed by atoms with van der Waals surface area (Å²) < 4.78 is 10.7. The quantitative estimate of drug-likeness (QED) is 0.233. The zero-order valence-electron chi connectivity index (χ0n) is 18.9. The van der Waals surface area contributed by atoms with Crippen molar-refractivity contribution in [1.29, 1.82) is 0 Å². The minimum absolute atomic E-state index is 0.0213. The van der Waals surface area contributed by atoms with Gasteiger partial charge in [-0.3, -0.25) is 24.5 Å². The predicted molar refractivity (Wildman–Crippen MR) is 128 cm³/mol. The highest BCUT2D eigenvalue weighted by Gasteiger charge is 2.65. The van der Waals surface area contributed by atoms with Crippen molar-refractivity contribution >= 4 is 40.7 Å². The maximum absolute atomic E-state index is 13.9. The van der Waals surface area contributed by atoms with Gasteiger partial charge in [0, 0.05) is 17.8 Å². The van der Waals surface area contributed by atoms with Gasteiger partial charge in [-0.2, -0.15) is 0 Å². The maximum Gasteiger partial charge on any atom is 0.271 e. The Morgan fingerprint density at radius 2 is 1.81 bits per heavy atom. The average Bonchev–Trinajstić information content (AvgIpc) is 3.60. The second-order valence-electron chi connectivity index (χ2n) is 8.78. The third kappa shape index (κ3) is 2.94. The fourth-order valence-electron chi connectivity index (χ4n) is 5.58.